The van der Waals surface area contributed by atoms with Gasteiger partial charge in [0.1, 0.15) is 0 Å². The van der Waals surface area contributed by atoms with E-state index >= 15 is 0 Å². The molecule has 2 aromatic rings. The van der Waals surface area contributed by atoms with Crippen LogP contribution in [-0.2, 0) is 0 Å². The molecule has 0 aliphatic heterocycles. The lowest BCUT2D eigenvalue weighted by atomic mass is 9.98. The lowest BCUT2D eigenvalue weighted by Crippen LogP contribution is -2.00. The van der Waals surface area contributed by atoms with Crippen molar-refractivity contribution >= 4 is 16.7 Å². The monoisotopic (exact) mass is 228 g/mol. The third-order valence-electron chi connectivity index (χ3n) is 2.60. The quantitative estimate of drug-likeness (QED) is 0.750. The van der Waals surface area contributed by atoms with Gasteiger partial charge in [0.05, 0.1) is 5.56 Å². The van der Waals surface area contributed by atoms with Crippen LogP contribution in [0.4, 0.5) is 0 Å². The zero-order chi connectivity index (χ0) is 13.0. The Labute approximate surface area is 101 Å². The summed E-state index contributed by atoms with van der Waals surface area (Å²) in [5.74, 6) is -0.859. The molecular formula is C15H16O2. The molecule has 0 unspecified atom stereocenters. The van der Waals surface area contributed by atoms with Crippen LogP contribution in [0, 0.1) is 13.8 Å². The van der Waals surface area contributed by atoms with Crippen LogP contribution in [0.5, 0.6) is 0 Å². The van der Waals surface area contributed by atoms with Gasteiger partial charge in [-0.15, -0.1) is 13.2 Å². The van der Waals surface area contributed by atoms with Gasteiger partial charge in [-0.25, -0.2) is 4.79 Å². The number of carbonyl (C=O) groups is 1. The van der Waals surface area contributed by atoms with Crippen LogP contribution in [0.2, 0.25) is 0 Å². The fourth-order valence-electron chi connectivity index (χ4n) is 1.84. The van der Waals surface area contributed by atoms with Gasteiger partial charge in [0, 0.05) is 0 Å². The predicted molar refractivity (Wildman–Crippen MR) is 71.6 cm³/mol. The van der Waals surface area contributed by atoms with E-state index in [4.69, 9.17) is 5.11 Å². The third-order valence-corrected chi connectivity index (χ3v) is 2.60. The molecule has 0 amide bonds. The Morgan fingerprint density at radius 1 is 1.12 bits per heavy atom. The maximum atomic E-state index is 11.1. The van der Waals surface area contributed by atoms with E-state index in [9.17, 15) is 4.79 Å². The molecule has 0 atom stereocenters. The van der Waals surface area contributed by atoms with Crippen molar-refractivity contribution in [2.24, 2.45) is 0 Å². The number of aromatic carboxylic acids is 1. The van der Waals surface area contributed by atoms with Gasteiger partial charge in [0.2, 0.25) is 0 Å². The van der Waals surface area contributed by atoms with E-state index in [1.807, 2.05) is 44.2 Å². The molecule has 0 heterocycles. The molecule has 0 bridgehead atoms. The second-order valence-electron chi connectivity index (χ2n) is 3.79. The maximum absolute atomic E-state index is 11.1. The molecule has 0 saturated heterocycles. The first kappa shape index (κ1) is 13.0. The maximum Gasteiger partial charge on any atom is 0.336 e. The van der Waals surface area contributed by atoms with Crippen molar-refractivity contribution in [3.63, 3.8) is 0 Å². The fourth-order valence-corrected chi connectivity index (χ4v) is 1.84. The second-order valence-corrected chi connectivity index (χ2v) is 3.79. The van der Waals surface area contributed by atoms with Crippen molar-refractivity contribution in [3.8, 4) is 0 Å². The van der Waals surface area contributed by atoms with Gasteiger partial charge in [-0.2, -0.15) is 0 Å². The highest BCUT2D eigenvalue weighted by atomic mass is 16.4. The molecule has 2 rings (SSSR count). The SMILES string of the molecule is C=C.Cc1ccc2c(C(=O)O)c(C)ccc2c1. The van der Waals surface area contributed by atoms with Crippen molar-refractivity contribution < 1.29 is 9.90 Å². The summed E-state index contributed by atoms with van der Waals surface area (Å²) in [6.07, 6.45) is 0. The number of hydrogen-bond acceptors (Lipinski definition) is 1. The highest BCUT2D eigenvalue weighted by molar-refractivity contribution is 6.05. The Balaban J connectivity index is 0.000000686. The van der Waals surface area contributed by atoms with Gasteiger partial charge < -0.3 is 5.11 Å². The largest absolute Gasteiger partial charge is 0.478 e. The highest BCUT2D eigenvalue weighted by Crippen LogP contribution is 2.23. The van der Waals surface area contributed by atoms with E-state index in [0.29, 0.717) is 5.56 Å². The second kappa shape index (κ2) is 5.30. The third kappa shape index (κ3) is 2.53. The van der Waals surface area contributed by atoms with Crippen LogP contribution in [0.3, 0.4) is 0 Å². The number of benzene rings is 2. The first-order valence-corrected chi connectivity index (χ1v) is 5.33. The van der Waals surface area contributed by atoms with Crippen molar-refractivity contribution in [1.29, 1.82) is 0 Å². The van der Waals surface area contributed by atoms with E-state index in [1.54, 1.807) is 0 Å². The van der Waals surface area contributed by atoms with Gasteiger partial charge in [-0.1, -0.05) is 35.9 Å². The standard InChI is InChI=1S/C13H12O2.C2H4/c1-8-3-6-11-10(7-8)5-4-9(2)12(11)13(14)15;1-2/h3-7H,1-2H3,(H,14,15);1-2H2. The minimum absolute atomic E-state index is 0.410. The summed E-state index contributed by atoms with van der Waals surface area (Å²) >= 11 is 0. The van der Waals surface area contributed by atoms with Crippen molar-refractivity contribution in [2.75, 3.05) is 0 Å². The molecule has 1 N–H and O–H groups in total. The average Bonchev–Trinajstić information content (AvgIpc) is 2.31. The van der Waals surface area contributed by atoms with E-state index in [0.717, 1.165) is 21.9 Å². The van der Waals surface area contributed by atoms with Crippen LogP contribution >= 0.6 is 0 Å². The molecule has 2 heteroatoms. The predicted octanol–water partition coefficient (Wildman–Crippen LogP) is 3.96. The Kier molecular flexibility index (Phi) is 4.05. The average molecular weight is 228 g/mol. The number of carboxylic acids is 1. The van der Waals surface area contributed by atoms with Gasteiger partial charge in [-0.05, 0) is 30.2 Å². The molecule has 0 aliphatic carbocycles. The minimum Gasteiger partial charge on any atom is -0.478 e. The number of fused-ring (bicyclic) bond motifs is 1. The van der Waals surface area contributed by atoms with Gasteiger partial charge >= 0.3 is 5.97 Å². The van der Waals surface area contributed by atoms with Crippen LogP contribution in [0.15, 0.2) is 43.5 Å². The molecule has 0 spiro atoms. The molecule has 0 aliphatic rings. The summed E-state index contributed by atoms with van der Waals surface area (Å²) in [5.41, 5.74) is 2.36. The van der Waals surface area contributed by atoms with E-state index in [1.165, 1.54) is 0 Å². The van der Waals surface area contributed by atoms with Crippen LogP contribution < -0.4 is 0 Å². The van der Waals surface area contributed by atoms with E-state index < -0.39 is 5.97 Å². The summed E-state index contributed by atoms with van der Waals surface area (Å²) in [6, 6.07) is 9.63. The highest BCUT2D eigenvalue weighted by Gasteiger charge is 2.11. The summed E-state index contributed by atoms with van der Waals surface area (Å²) in [4.78, 5) is 11.1. The van der Waals surface area contributed by atoms with E-state index in [2.05, 4.69) is 13.2 Å². The normalized spacial score (nSPS) is 9.53. The number of carboxylic acid groups (broad SMARTS) is 1. The summed E-state index contributed by atoms with van der Waals surface area (Å²) in [7, 11) is 0. The van der Waals surface area contributed by atoms with E-state index in [-0.39, 0.29) is 0 Å². The van der Waals surface area contributed by atoms with Crippen LogP contribution in [-0.4, -0.2) is 11.1 Å². The Hall–Kier alpha value is -2.09. The van der Waals surface area contributed by atoms with Crippen molar-refractivity contribution in [1.82, 2.24) is 0 Å². The molecule has 0 radical (unpaired) electrons. The summed E-state index contributed by atoms with van der Waals surface area (Å²) in [6.45, 7) is 9.82. The number of rotatable bonds is 1. The molecule has 2 nitrogen and oxygen atoms in total. The Morgan fingerprint density at radius 3 is 2.35 bits per heavy atom. The minimum atomic E-state index is -0.859. The first-order chi connectivity index (χ1) is 8.09. The zero-order valence-corrected chi connectivity index (χ0v) is 10.2. The molecule has 0 fully saturated rings. The smallest absolute Gasteiger partial charge is 0.336 e. The Morgan fingerprint density at radius 2 is 1.76 bits per heavy atom. The van der Waals surface area contributed by atoms with Crippen molar-refractivity contribution in [3.05, 3.63) is 60.2 Å². The van der Waals surface area contributed by atoms with Gasteiger partial charge in [-0.3, -0.25) is 0 Å². The molecular weight excluding hydrogens is 212 g/mol. The first-order valence-electron chi connectivity index (χ1n) is 5.33. The van der Waals surface area contributed by atoms with Crippen LogP contribution in [0.25, 0.3) is 10.8 Å². The fraction of sp³-hybridized carbons (Fsp3) is 0.133. The summed E-state index contributed by atoms with van der Waals surface area (Å²) in [5, 5.41) is 10.9. The molecule has 0 saturated carbocycles. The zero-order valence-electron chi connectivity index (χ0n) is 10.2. The molecule has 88 valence electrons. The lowest BCUT2D eigenvalue weighted by molar-refractivity contribution is 0.0698. The molecule has 0 aromatic heterocycles. The van der Waals surface area contributed by atoms with Crippen molar-refractivity contribution in [2.45, 2.75) is 13.8 Å². The number of aryl methyl sites for hydroxylation is 2. The molecule has 17 heavy (non-hydrogen) atoms. The Bertz CT molecular complexity index is 556. The van der Waals surface area contributed by atoms with Gasteiger partial charge in [0.15, 0.2) is 0 Å². The topological polar surface area (TPSA) is 37.3 Å². The lowest BCUT2D eigenvalue weighted by Gasteiger charge is -2.06. The molecule has 2 aromatic carbocycles. The summed E-state index contributed by atoms with van der Waals surface area (Å²) < 4.78 is 0. The van der Waals surface area contributed by atoms with Gasteiger partial charge in [0.25, 0.3) is 0 Å². The van der Waals surface area contributed by atoms with Crippen LogP contribution in [0.1, 0.15) is 21.5 Å². The number of hydrogen-bond donors (Lipinski definition) is 1.